The lowest BCUT2D eigenvalue weighted by molar-refractivity contribution is 0.0430. The molecule has 2 aliphatic heterocycles. The van der Waals surface area contributed by atoms with E-state index in [1.165, 1.54) is 4.90 Å². The molecule has 0 saturated heterocycles. The van der Waals surface area contributed by atoms with Gasteiger partial charge in [0.05, 0.1) is 17.7 Å². The molecule has 2 aromatic carbocycles. The van der Waals surface area contributed by atoms with E-state index in [2.05, 4.69) is 0 Å². The third-order valence-electron chi connectivity index (χ3n) is 3.89. The Morgan fingerprint density at radius 2 is 1.71 bits per heavy atom. The van der Waals surface area contributed by atoms with Crippen molar-refractivity contribution in [2.75, 3.05) is 13.2 Å². The predicted molar refractivity (Wildman–Crippen MR) is 93.6 cm³/mol. The monoisotopic (exact) mass is 363 g/mol. The second-order valence-electron chi connectivity index (χ2n) is 5.41. The van der Waals surface area contributed by atoms with E-state index in [4.69, 9.17) is 21.1 Å². The number of carbonyl (C=O) groups is 2. The fourth-order valence-corrected chi connectivity index (χ4v) is 2.95. The van der Waals surface area contributed by atoms with Gasteiger partial charge in [-0.1, -0.05) is 23.7 Å². The number of nitrogens with zero attached hydrogens (tertiary/aromatic N) is 1. The minimum Gasteiger partial charge on any atom is -0.486 e. The van der Waals surface area contributed by atoms with Crippen LogP contribution in [0.4, 0.5) is 0 Å². The van der Waals surface area contributed by atoms with E-state index >= 15 is 0 Å². The van der Waals surface area contributed by atoms with Crippen molar-refractivity contribution < 1.29 is 19.1 Å². The topological polar surface area (TPSA) is 55.8 Å². The Morgan fingerprint density at radius 3 is 2.38 bits per heavy atom. The van der Waals surface area contributed by atoms with Gasteiger partial charge in [0.2, 0.25) is 0 Å². The first-order chi connectivity index (χ1) is 11.1. The molecule has 24 heavy (non-hydrogen) atoms. The van der Waals surface area contributed by atoms with E-state index in [1.807, 2.05) is 0 Å². The van der Waals surface area contributed by atoms with Crippen LogP contribution in [0.5, 0.6) is 11.5 Å². The maximum atomic E-state index is 12.4. The van der Waals surface area contributed by atoms with Gasteiger partial charge >= 0.3 is 0 Å². The highest BCUT2D eigenvalue weighted by Crippen LogP contribution is 2.34. The zero-order valence-corrected chi connectivity index (χ0v) is 14.2. The summed E-state index contributed by atoms with van der Waals surface area (Å²) in [6.45, 7) is 0.403. The smallest absolute Gasteiger partial charge is 0.261 e. The number of amides is 2. The van der Waals surface area contributed by atoms with Crippen LogP contribution >= 0.6 is 25.1 Å². The van der Waals surface area contributed by atoms with Crippen molar-refractivity contribution in [2.24, 2.45) is 0 Å². The van der Waals surface area contributed by atoms with Gasteiger partial charge in [-0.2, -0.15) is 13.5 Å². The molecule has 2 aliphatic rings. The largest absolute Gasteiger partial charge is 0.486 e. The number of imide groups is 1. The van der Waals surface area contributed by atoms with Crippen LogP contribution in [0.2, 0.25) is 5.02 Å². The predicted octanol–water partition coefficient (Wildman–Crippen LogP) is 2.89. The SMILES string of the molecule is O=C1c2ccccc2C(=O)N1C[C@H]1COc2ccc(Cl)cc2O1.S. The van der Waals surface area contributed by atoms with Gasteiger partial charge in [-0.25, -0.2) is 0 Å². The Bertz CT molecular complexity index is 791. The van der Waals surface area contributed by atoms with Crippen LogP contribution in [0.3, 0.4) is 0 Å². The van der Waals surface area contributed by atoms with Crippen LogP contribution in [-0.2, 0) is 0 Å². The van der Waals surface area contributed by atoms with Crippen LogP contribution in [-0.4, -0.2) is 36.0 Å². The molecule has 5 nitrogen and oxygen atoms in total. The molecule has 2 heterocycles. The number of carbonyl (C=O) groups excluding carboxylic acids is 2. The molecule has 7 heteroatoms. The van der Waals surface area contributed by atoms with Crippen molar-refractivity contribution in [3.05, 3.63) is 58.6 Å². The minimum atomic E-state index is -0.428. The fourth-order valence-electron chi connectivity index (χ4n) is 2.79. The maximum absolute atomic E-state index is 12.4. The summed E-state index contributed by atoms with van der Waals surface area (Å²) in [5.41, 5.74) is 0.857. The van der Waals surface area contributed by atoms with E-state index in [0.717, 1.165) is 0 Å². The first kappa shape index (κ1) is 16.7. The Morgan fingerprint density at radius 1 is 1.04 bits per heavy atom. The molecular weight excluding hydrogens is 350 g/mol. The van der Waals surface area contributed by atoms with Gasteiger partial charge in [-0.05, 0) is 24.3 Å². The number of ether oxygens (including phenoxy) is 2. The van der Waals surface area contributed by atoms with Gasteiger partial charge in [-0.3, -0.25) is 14.5 Å². The van der Waals surface area contributed by atoms with E-state index in [0.29, 0.717) is 27.6 Å². The van der Waals surface area contributed by atoms with E-state index in [9.17, 15) is 9.59 Å². The highest BCUT2D eigenvalue weighted by molar-refractivity contribution is 7.59. The van der Waals surface area contributed by atoms with Crippen LogP contribution in [0.25, 0.3) is 0 Å². The Labute approximate surface area is 150 Å². The summed E-state index contributed by atoms with van der Waals surface area (Å²) in [4.78, 5) is 25.9. The molecule has 4 rings (SSSR count). The Kier molecular flexibility index (Phi) is 4.43. The van der Waals surface area contributed by atoms with Crippen molar-refractivity contribution in [2.45, 2.75) is 6.10 Å². The lowest BCUT2D eigenvalue weighted by Crippen LogP contribution is -2.43. The number of hydrogen-bond acceptors (Lipinski definition) is 4. The molecule has 2 aromatic rings. The standard InChI is InChI=1S/C17H12ClNO4.H2S/c18-10-5-6-14-15(7-10)23-11(9-22-14)8-19-16(20)12-3-1-2-4-13(12)17(19)21;/h1-7,11H,8-9H2;1H2/t11-;/m0./s1. The molecule has 1 atom stereocenters. The fraction of sp³-hybridized carbons (Fsp3) is 0.176. The zero-order chi connectivity index (χ0) is 16.0. The summed E-state index contributed by atoms with van der Waals surface area (Å²) in [7, 11) is 0. The van der Waals surface area contributed by atoms with Gasteiger partial charge in [0.25, 0.3) is 11.8 Å². The van der Waals surface area contributed by atoms with Crippen LogP contribution in [0.1, 0.15) is 20.7 Å². The highest BCUT2D eigenvalue weighted by Gasteiger charge is 2.37. The van der Waals surface area contributed by atoms with Crippen molar-refractivity contribution in [3.63, 3.8) is 0 Å². The van der Waals surface area contributed by atoms with Crippen LogP contribution < -0.4 is 9.47 Å². The van der Waals surface area contributed by atoms with Gasteiger partial charge in [-0.15, -0.1) is 0 Å². The molecule has 2 amide bonds. The second-order valence-corrected chi connectivity index (χ2v) is 5.84. The van der Waals surface area contributed by atoms with Crippen molar-refractivity contribution in [1.29, 1.82) is 0 Å². The normalized spacial score (nSPS) is 18.2. The zero-order valence-electron chi connectivity index (χ0n) is 12.5. The highest BCUT2D eigenvalue weighted by atomic mass is 35.5. The van der Waals surface area contributed by atoms with Gasteiger partial charge in [0.15, 0.2) is 17.6 Å². The number of hydrogen-bond donors (Lipinski definition) is 0. The molecule has 0 aliphatic carbocycles. The third-order valence-corrected chi connectivity index (χ3v) is 4.12. The summed E-state index contributed by atoms with van der Waals surface area (Å²) in [6, 6.07) is 11.9. The molecule has 0 saturated carbocycles. The quantitative estimate of drug-likeness (QED) is 0.770. The summed E-state index contributed by atoms with van der Waals surface area (Å²) < 4.78 is 11.4. The molecule has 0 bridgehead atoms. The van der Waals surface area contributed by atoms with Crippen molar-refractivity contribution in [1.82, 2.24) is 4.90 Å². The molecule has 0 fully saturated rings. The first-order valence-corrected chi connectivity index (χ1v) is 7.55. The summed E-state index contributed by atoms with van der Waals surface area (Å²) >= 11 is 5.95. The average molecular weight is 364 g/mol. The summed E-state index contributed by atoms with van der Waals surface area (Å²) in [5, 5.41) is 0.536. The number of rotatable bonds is 2. The van der Waals surface area contributed by atoms with Gasteiger partial charge in [0.1, 0.15) is 6.61 Å². The average Bonchev–Trinajstić information content (AvgIpc) is 2.80. The second kappa shape index (κ2) is 6.37. The van der Waals surface area contributed by atoms with E-state index < -0.39 is 6.10 Å². The summed E-state index contributed by atoms with van der Waals surface area (Å²) in [5.74, 6) is 0.524. The number of fused-ring (bicyclic) bond motifs is 2. The maximum Gasteiger partial charge on any atom is 0.261 e. The van der Waals surface area contributed by atoms with Crippen molar-refractivity contribution >= 4 is 36.9 Å². The van der Waals surface area contributed by atoms with Gasteiger partial charge in [0, 0.05) is 11.1 Å². The third kappa shape index (κ3) is 2.72. The Balaban J connectivity index is 0.00000169. The van der Waals surface area contributed by atoms with Crippen LogP contribution in [0, 0.1) is 0 Å². The molecule has 0 spiro atoms. The molecular formula is C17H14ClNO4S. The lowest BCUT2D eigenvalue weighted by Gasteiger charge is -2.28. The molecule has 0 unspecified atom stereocenters. The molecule has 124 valence electrons. The van der Waals surface area contributed by atoms with E-state index in [-0.39, 0.29) is 38.5 Å². The number of benzene rings is 2. The van der Waals surface area contributed by atoms with Gasteiger partial charge < -0.3 is 9.47 Å². The minimum absolute atomic E-state index is 0. The van der Waals surface area contributed by atoms with E-state index in [1.54, 1.807) is 42.5 Å². The van der Waals surface area contributed by atoms with Crippen LogP contribution in [0.15, 0.2) is 42.5 Å². The molecule has 0 aromatic heterocycles. The Hall–Kier alpha value is -2.18. The first-order valence-electron chi connectivity index (χ1n) is 7.18. The summed E-state index contributed by atoms with van der Waals surface area (Å²) in [6.07, 6.45) is -0.428. The molecule has 0 N–H and O–H groups in total. The lowest BCUT2D eigenvalue weighted by atomic mass is 10.1. The van der Waals surface area contributed by atoms with Crippen molar-refractivity contribution in [3.8, 4) is 11.5 Å². The number of halogens is 1. The molecule has 0 radical (unpaired) electrons.